The standard InChI is InChI=1S/C20H18F2N2O5/c21-20(22)28-14-7-5-13(6-8-14)9-10-23-18(25)12-27-19(26)11-16-15-3-1-2-4-17(15)29-24-16/h1-8,20H,9-12H2,(H,23,25). The van der Waals surface area contributed by atoms with Gasteiger partial charge in [-0.15, -0.1) is 0 Å². The first-order chi connectivity index (χ1) is 14.0. The van der Waals surface area contributed by atoms with Crippen molar-refractivity contribution >= 4 is 22.8 Å². The molecule has 3 aromatic rings. The van der Waals surface area contributed by atoms with Gasteiger partial charge in [-0.2, -0.15) is 8.78 Å². The first-order valence-electron chi connectivity index (χ1n) is 8.80. The highest BCUT2D eigenvalue weighted by molar-refractivity contribution is 5.85. The SMILES string of the molecule is O=C(COC(=O)Cc1noc2ccccc12)NCCc1ccc(OC(F)F)cc1. The van der Waals surface area contributed by atoms with Crippen molar-refractivity contribution in [1.82, 2.24) is 10.5 Å². The molecule has 0 fully saturated rings. The zero-order valence-electron chi connectivity index (χ0n) is 15.3. The number of hydrogen-bond donors (Lipinski definition) is 1. The van der Waals surface area contributed by atoms with Crippen LogP contribution in [-0.4, -0.2) is 36.8 Å². The van der Waals surface area contributed by atoms with Gasteiger partial charge in [0.25, 0.3) is 5.91 Å². The second-order valence-electron chi connectivity index (χ2n) is 6.09. The smallest absolute Gasteiger partial charge is 0.387 e. The maximum atomic E-state index is 12.1. The molecule has 0 unspecified atom stereocenters. The summed E-state index contributed by atoms with van der Waals surface area (Å²) in [7, 11) is 0. The van der Waals surface area contributed by atoms with Crippen LogP contribution < -0.4 is 10.1 Å². The van der Waals surface area contributed by atoms with Crippen LogP contribution in [0.5, 0.6) is 5.75 Å². The number of nitrogens with one attached hydrogen (secondary N) is 1. The molecule has 29 heavy (non-hydrogen) atoms. The maximum absolute atomic E-state index is 12.1. The van der Waals surface area contributed by atoms with Crippen LogP contribution in [0.25, 0.3) is 11.0 Å². The van der Waals surface area contributed by atoms with E-state index in [1.54, 1.807) is 36.4 Å². The van der Waals surface area contributed by atoms with Crippen molar-refractivity contribution in [2.45, 2.75) is 19.5 Å². The third-order valence-electron chi connectivity index (χ3n) is 4.01. The number of alkyl halides is 2. The van der Waals surface area contributed by atoms with E-state index in [4.69, 9.17) is 9.26 Å². The van der Waals surface area contributed by atoms with Gasteiger partial charge in [-0.3, -0.25) is 9.59 Å². The number of rotatable bonds is 9. The lowest BCUT2D eigenvalue weighted by Gasteiger charge is -2.08. The number of aromatic nitrogens is 1. The summed E-state index contributed by atoms with van der Waals surface area (Å²) < 4.78 is 38.5. The number of halogens is 2. The van der Waals surface area contributed by atoms with Crippen LogP contribution in [0, 0.1) is 0 Å². The maximum Gasteiger partial charge on any atom is 0.387 e. The lowest BCUT2D eigenvalue weighted by Crippen LogP contribution is -2.30. The molecule has 0 bridgehead atoms. The topological polar surface area (TPSA) is 90.7 Å². The van der Waals surface area contributed by atoms with Crippen molar-refractivity contribution in [2.75, 3.05) is 13.2 Å². The zero-order chi connectivity index (χ0) is 20.6. The number of fused-ring (bicyclic) bond motifs is 1. The van der Waals surface area contributed by atoms with Gasteiger partial charge in [0.1, 0.15) is 11.4 Å². The molecule has 3 rings (SSSR count). The number of amides is 1. The normalized spacial score (nSPS) is 10.9. The molecule has 152 valence electrons. The fourth-order valence-electron chi connectivity index (χ4n) is 2.63. The van der Waals surface area contributed by atoms with Crippen molar-refractivity contribution in [3.8, 4) is 5.75 Å². The Morgan fingerprint density at radius 3 is 2.62 bits per heavy atom. The number of para-hydroxylation sites is 1. The van der Waals surface area contributed by atoms with Crippen molar-refractivity contribution in [2.24, 2.45) is 0 Å². The predicted octanol–water partition coefficient (Wildman–Crippen LogP) is 2.87. The summed E-state index contributed by atoms with van der Waals surface area (Å²) in [4.78, 5) is 23.7. The minimum Gasteiger partial charge on any atom is -0.455 e. The van der Waals surface area contributed by atoms with Gasteiger partial charge < -0.3 is 19.3 Å². The molecule has 0 aliphatic carbocycles. The molecule has 7 nitrogen and oxygen atoms in total. The van der Waals surface area contributed by atoms with E-state index < -0.39 is 25.1 Å². The van der Waals surface area contributed by atoms with E-state index in [1.165, 1.54) is 12.1 Å². The van der Waals surface area contributed by atoms with Gasteiger partial charge in [0.05, 0.1) is 6.42 Å². The first kappa shape index (κ1) is 20.2. The Balaban J connectivity index is 1.37. The third-order valence-corrected chi connectivity index (χ3v) is 4.01. The van der Waals surface area contributed by atoms with Gasteiger partial charge in [0.15, 0.2) is 12.2 Å². The minimum absolute atomic E-state index is 0.0691. The van der Waals surface area contributed by atoms with Crippen molar-refractivity contribution < 1.29 is 32.4 Å². The van der Waals surface area contributed by atoms with E-state index in [2.05, 4.69) is 15.2 Å². The molecule has 1 N–H and O–H groups in total. The van der Waals surface area contributed by atoms with Crippen molar-refractivity contribution in [3.63, 3.8) is 0 Å². The average Bonchev–Trinajstić information content (AvgIpc) is 3.10. The molecule has 1 heterocycles. The van der Waals surface area contributed by atoms with E-state index in [0.29, 0.717) is 24.2 Å². The Morgan fingerprint density at radius 2 is 1.86 bits per heavy atom. The number of hydrogen-bond acceptors (Lipinski definition) is 6. The van der Waals surface area contributed by atoms with Crippen LogP contribution in [0.15, 0.2) is 53.1 Å². The Morgan fingerprint density at radius 1 is 1.10 bits per heavy atom. The highest BCUT2D eigenvalue weighted by atomic mass is 19.3. The van der Waals surface area contributed by atoms with Gasteiger partial charge in [0, 0.05) is 11.9 Å². The molecule has 0 spiro atoms. The Hall–Kier alpha value is -3.49. The summed E-state index contributed by atoms with van der Waals surface area (Å²) in [6, 6.07) is 13.2. The van der Waals surface area contributed by atoms with Crippen LogP contribution in [0.4, 0.5) is 8.78 Å². The summed E-state index contributed by atoms with van der Waals surface area (Å²) in [5.41, 5.74) is 1.86. The second kappa shape index (κ2) is 9.63. The summed E-state index contributed by atoms with van der Waals surface area (Å²) in [6.45, 7) is -2.97. The number of carbonyl (C=O) groups excluding carboxylic acids is 2. The first-order valence-corrected chi connectivity index (χ1v) is 8.80. The average molecular weight is 404 g/mol. The molecule has 0 saturated carbocycles. The van der Waals surface area contributed by atoms with Gasteiger partial charge >= 0.3 is 12.6 Å². The van der Waals surface area contributed by atoms with Crippen LogP contribution in [0.3, 0.4) is 0 Å². The Labute approximate surface area is 164 Å². The number of esters is 1. The molecular formula is C20H18F2N2O5. The van der Waals surface area contributed by atoms with Crippen LogP contribution in [0.1, 0.15) is 11.3 Å². The second-order valence-corrected chi connectivity index (χ2v) is 6.09. The third kappa shape index (κ3) is 6.00. The number of carbonyl (C=O) groups is 2. The Bertz CT molecular complexity index is 972. The van der Waals surface area contributed by atoms with E-state index in [9.17, 15) is 18.4 Å². The lowest BCUT2D eigenvalue weighted by molar-refractivity contribution is -0.147. The van der Waals surface area contributed by atoms with Gasteiger partial charge in [-0.25, -0.2) is 0 Å². The van der Waals surface area contributed by atoms with Gasteiger partial charge in [-0.05, 0) is 36.2 Å². The zero-order valence-corrected chi connectivity index (χ0v) is 15.3. The summed E-state index contributed by atoms with van der Waals surface area (Å²) in [6.07, 6.45) is 0.386. The molecule has 0 radical (unpaired) electrons. The molecule has 0 saturated heterocycles. The summed E-state index contributed by atoms with van der Waals surface area (Å²) in [5.74, 6) is -0.963. The molecule has 9 heteroatoms. The fraction of sp³-hybridized carbons (Fsp3) is 0.250. The lowest BCUT2D eigenvalue weighted by atomic mass is 10.1. The molecular weight excluding hydrogens is 386 g/mol. The van der Waals surface area contributed by atoms with Gasteiger partial charge in [0.2, 0.25) is 0 Å². The molecule has 0 atom stereocenters. The monoisotopic (exact) mass is 404 g/mol. The molecule has 1 amide bonds. The minimum atomic E-state index is -2.87. The van der Waals surface area contributed by atoms with Crippen LogP contribution in [0.2, 0.25) is 0 Å². The van der Waals surface area contributed by atoms with Crippen molar-refractivity contribution in [1.29, 1.82) is 0 Å². The quantitative estimate of drug-likeness (QED) is 0.552. The van der Waals surface area contributed by atoms with E-state index in [1.807, 2.05) is 0 Å². The van der Waals surface area contributed by atoms with Gasteiger partial charge in [-0.1, -0.05) is 29.4 Å². The van der Waals surface area contributed by atoms with Crippen molar-refractivity contribution in [3.05, 3.63) is 59.8 Å². The number of nitrogens with zero attached hydrogens (tertiary/aromatic N) is 1. The van der Waals surface area contributed by atoms with Crippen LogP contribution >= 0.6 is 0 Å². The molecule has 0 aliphatic heterocycles. The number of benzene rings is 2. The largest absolute Gasteiger partial charge is 0.455 e. The molecule has 2 aromatic carbocycles. The molecule has 1 aromatic heterocycles. The predicted molar refractivity (Wildman–Crippen MR) is 98.5 cm³/mol. The highest BCUT2D eigenvalue weighted by Crippen LogP contribution is 2.18. The fourth-order valence-corrected chi connectivity index (χ4v) is 2.63. The molecule has 0 aliphatic rings. The van der Waals surface area contributed by atoms with E-state index >= 15 is 0 Å². The van der Waals surface area contributed by atoms with Crippen LogP contribution in [-0.2, 0) is 27.2 Å². The number of ether oxygens (including phenoxy) is 2. The summed E-state index contributed by atoms with van der Waals surface area (Å²) in [5, 5.41) is 7.18. The highest BCUT2D eigenvalue weighted by Gasteiger charge is 2.14. The Kier molecular flexibility index (Phi) is 6.72. The summed E-state index contributed by atoms with van der Waals surface area (Å²) >= 11 is 0. The van der Waals surface area contributed by atoms with E-state index in [0.717, 1.165) is 10.9 Å². The van der Waals surface area contributed by atoms with E-state index in [-0.39, 0.29) is 12.2 Å².